The minimum Gasteiger partial charge on any atom is -0.493 e. The Bertz CT molecular complexity index is 5910. The van der Waals surface area contributed by atoms with Gasteiger partial charge < -0.3 is 71.8 Å². The smallest absolute Gasteiger partial charge is 0.493 e. The van der Waals surface area contributed by atoms with Crippen LogP contribution in [0.2, 0.25) is 0 Å². The molecule has 3 fully saturated rings. The molecule has 692 valence electrons. The van der Waals surface area contributed by atoms with Gasteiger partial charge in [-0.1, -0.05) is 46.4 Å². The molecule has 41 heteroatoms. The zero-order chi connectivity index (χ0) is 92.7. The van der Waals surface area contributed by atoms with Crippen molar-refractivity contribution in [2.75, 3.05) is 63.0 Å². The van der Waals surface area contributed by atoms with Crippen molar-refractivity contribution < 1.29 is 69.7 Å². The maximum Gasteiger partial charge on any atom is 0.497 e. The highest BCUT2D eigenvalue weighted by Gasteiger charge is 2.64. The highest BCUT2D eigenvalue weighted by molar-refractivity contribution is 9.10. The summed E-state index contributed by atoms with van der Waals surface area (Å²) in [4.78, 5) is 57.8. The van der Waals surface area contributed by atoms with Gasteiger partial charge in [-0.05, 0) is 221 Å². The number of pyridine rings is 3. The van der Waals surface area contributed by atoms with Crippen LogP contribution in [0.25, 0.3) is 45.7 Å². The first-order chi connectivity index (χ1) is 61.7. The Morgan fingerprint density at radius 3 is 1.20 bits per heavy atom. The molecule has 3 N–H and O–H groups in total. The van der Waals surface area contributed by atoms with Gasteiger partial charge >= 0.3 is 21.1 Å². The van der Waals surface area contributed by atoms with Gasteiger partial charge in [0, 0.05) is 80.6 Å². The minimum absolute atomic E-state index is 0. The van der Waals surface area contributed by atoms with E-state index in [0.717, 1.165) is 42.9 Å². The molecule has 11 aromatic rings. The number of halogens is 5. The second kappa shape index (κ2) is 39.3. The Morgan fingerprint density at radius 2 is 0.779 bits per heavy atom. The van der Waals surface area contributed by atoms with E-state index in [4.69, 9.17) is 42.1 Å². The second-order valence-electron chi connectivity index (χ2n) is 36.9. The summed E-state index contributed by atoms with van der Waals surface area (Å²) in [7, 11) is 2.23. The lowest BCUT2D eigenvalue weighted by molar-refractivity contribution is 0.00578. The molecule has 33 nitrogen and oxygen atoms in total. The van der Waals surface area contributed by atoms with Crippen LogP contribution in [-0.2, 0) is 73.7 Å². The SMILES string of the molecule is C.CC1(C)OB(B2OC(C)(C)C(C)(C)O2)OC1(C)C.CN1CCn2ncc(Br)c2C1.C[C@@H]1CCOc2cc(F)c(-c3cnn4c3CN(C)CC4)cc2C(=O)Nc2cccc(n2)-c2nncn2C1.C[C@@H]1CCOc2cc(F)c(B3OC(C)(C)C(C)(C)O3)cc2C(=O)Nc2cccc(n2)-c2nncn2C1.C[C@@H]1CCOc2cc(F)c(Br)cc2C(=O)Nc2cccc(n2)-c2nncn2C1. The molecule has 3 saturated heterocycles. The fourth-order valence-electron chi connectivity index (χ4n) is 15.4. The Balaban J connectivity index is 0.000000138. The summed E-state index contributed by atoms with van der Waals surface area (Å²) in [6.45, 7) is 38.4. The van der Waals surface area contributed by atoms with Gasteiger partial charge in [0.2, 0.25) is 0 Å². The maximum atomic E-state index is 15.5. The van der Waals surface area contributed by atoms with Crippen molar-refractivity contribution in [2.24, 2.45) is 17.8 Å². The monoisotopic (exact) mass is 1930 g/mol. The molecule has 3 amide bonds. The lowest BCUT2D eigenvalue weighted by atomic mass is 9.49. The summed E-state index contributed by atoms with van der Waals surface area (Å²) >= 11 is 6.60. The average Bonchev–Trinajstić information content (AvgIpc) is 1.59. The molecule has 0 spiro atoms. The van der Waals surface area contributed by atoms with Gasteiger partial charge in [-0.25, -0.2) is 28.1 Å². The highest BCUT2D eigenvalue weighted by atomic mass is 79.9. The van der Waals surface area contributed by atoms with Crippen LogP contribution in [0.3, 0.4) is 0 Å². The number of fused-ring (bicyclic) bond motifs is 17. The van der Waals surface area contributed by atoms with Crippen molar-refractivity contribution in [2.45, 2.75) is 210 Å². The van der Waals surface area contributed by atoms with Crippen LogP contribution in [-0.4, -0.2) is 208 Å². The number of rotatable bonds is 3. The Hall–Kier alpha value is -10.6. The summed E-state index contributed by atoms with van der Waals surface area (Å²) < 4.78 is 109. The van der Waals surface area contributed by atoms with Gasteiger partial charge in [0.05, 0.1) is 116 Å². The summed E-state index contributed by atoms with van der Waals surface area (Å²) in [6, 6.07) is 24.0. The number of aromatic nitrogens is 16. The normalized spacial score (nSPS) is 20.5. The van der Waals surface area contributed by atoms with Gasteiger partial charge in [0.15, 0.2) is 17.5 Å². The number of nitrogens with zero attached hydrogens (tertiary/aromatic N) is 18. The van der Waals surface area contributed by atoms with Gasteiger partial charge in [-0.15, -0.1) is 30.6 Å². The molecule has 0 unspecified atom stereocenters. The molecule has 8 aliphatic heterocycles. The fourth-order valence-corrected chi connectivity index (χ4v) is 16.2. The van der Waals surface area contributed by atoms with Crippen LogP contribution in [0.1, 0.15) is 173 Å². The first-order valence-electron chi connectivity index (χ1n) is 43.4. The number of nitrogens with one attached hydrogen (secondary N) is 3. The number of hydrogen-bond donors (Lipinski definition) is 3. The predicted octanol–water partition coefficient (Wildman–Crippen LogP) is 14.8. The largest absolute Gasteiger partial charge is 0.497 e. The molecule has 8 aliphatic rings. The maximum absolute atomic E-state index is 15.5. The lowest BCUT2D eigenvalue weighted by Gasteiger charge is -2.32. The third-order valence-corrected chi connectivity index (χ3v) is 26.5. The van der Waals surface area contributed by atoms with Crippen LogP contribution in [0.5, 0.6) is 17.2 Å². The van der Waals surface area contributed by atoms with Gasteiger partial charge in [-0.3, -0.25) is 33.5 Å². The molecule has 3 atom stereocenters. The summed E-state index contributed by atoms with van der Waals surface area (Å²) in [5.74, 6) is 1.24. The Kier molecular flexibility index (Phi) is 28.9. The third kappa shape index (κ3) is 21.5. The molecular weight excluding hydrogens is 1820 g/mol. The quantitative estimate of drug-likeness (QED) is 0.138. The van der Waals surface area contributed by atoms with Crippen LogP contribution < -0.4 is 35.6 Å². The Morgan fingerprint density at radius 1 is 0.420 bits per heavy atom. The first kappa shape index (κ1) is 96.4. The number of hydrogen-bond acceptors (Lipinski definition) is 25. The molecule has 0 radical (unpaired) electrons. The predicted molar refractivity (Wildman–Crippen MR) is 497 cm³/mol. The molecular formula is C90H111B3Br2F3N21O12. The number of anilines is 3. The molecule has 6 bridgehead atoms. The molecule has 19 rings (SSSR count). The van der Waals surface area contributed by atoms with Crippen molar-refractivity contribution >= 4 is 93.6 Å². The van der Waals surface area contributed by atoms with Crippen LogP contribution in [0.4, 0.5) is 30.6 Å². The first-order valence-corrected chi connectivity index (χ1v) is 45.0. The number of benzene rings is 3. The molecule has 16 heterocycles. The number of ether oxygens (including phenoxy) is 3. The van der Waals surface area contributed by atoms with Gasteiger partial charge in [0.25, 0.3) is 17.7 Å². The van der Waals surface area contributed by atoms with E-state index in [-0.39, 0.29) is 91.5 Å². The van der Waals surface area contributed by atoms with Crippen LogP contribution in [0, 0.1) is 35.2 Å². The molecule has 131 heavy (non-hydrogen) atoms. The summed E-state index contributed by atoms with van der Waals surface area (Å²) in [6.07, 6.45) is 10.6. The van der Waals surface area contributed by atoms with Crippen molar-refractivity contribution in [3.8, 4) is 62.9 Å². The zero-order valence-corrected chi connectivity index (χ0v) is 79.1. The average molecular weight is 1930 g/mol. The molecule has 0 saturated carbocycles. The van der Waals surface area contributed by atoms with Gasteiger partial charge in [-0.2, -0.15) is 10.2 Å². The van der Waals surface area contributed by atoms with E-state index in [9.17, 15) is 18.8 Å². The van der Waals surface area contributed by atoms with Crippen LogP contribution >= 0.6 is 31.9 Å². The minimum atomic E-state index is -0.964. The third-order valence-electron chi connectivity index (χ3n) is 25.2. The van der Waals surface area contributed by atoms with E-state index in [1.165, 1.54) is 36.0 Å². The number of amides is 3. The lowest BCUT2D eigenvalue weighted by Crippen LogP contribution is -2.41. The van der Waals surface area contributed by atoms with Crippen molar-refractivity contribution in [1.82, 2.24) is 88.6 Å². The van der Waals surface area contributed by atoms with E-state index in [1.54, 1.807) is 67.6 Å². The van der Waals surface area contributed by atoms with Crippen LogP contribution in [0.15, 0.2) is 131 Å². The van der Waals surface area contributed by atoms with Crippen molar-refractivity contribution in [3.63, 3.8) is 0 Å². The summed E-state index contributed by atoms with van der Waals surface area (Å²) in [5, 5.41) is 41.8. The molecule has 8 aromatic heterocycles. The van der Waals surface area contributed by atoms with E-state index < -0.39 is 67.5 Å². The molecule has 0 aliphatic carbocycles. The van der Waals surface area contributed by atoms with E-state index in [2.05, 4.69) is 146 Å². The standard InChI is InChI=1S/C26H27FN8O2.C25H29BFN5O4.C19H17BrFN5O2.C12H24B2O4.C7H10BrN3.CH4/c1-16-6-9-37-23-11-20(27)17(19-12-29-35-8-7-33(2)14-22(19)35)10-18(23)26(36)31-24-5-3-4-21(30-24)25-32-28-15-34(25)13-16;1-15-9-10-34-20-12-18(27)17(26-35-24(2,3)25(4,5)36-26)11-16(20)23(33)30-21-8-6-7-19(29-21)22-31-28-14-32(22)13-15;1-11-5-6-28-16-8-14(21)13(20)7-12(16)19(27)24-17-4-2-3-15(23-17)18-25-22-10-26(18)9-11;1-9(2)10(3,4)16-13(15-9)14-17-11(5,6)12(7,8)18-14;1-10-2-3-11-7(5-10)6(8)4-9-11;/h3-5,10-12,15-16H,6-9,13-14H2,1-2H3,(H,30,31,36);6-8,11-12,14-15H,9-10,13H2,1-5H3,(H,29,30,33);2-4,7-8,10-11H,5-6,9H2,1H3,(H,23,24,27);1-8H3;4H,2-3,5H2,1H3;1H4/t16-;15-;11-;;;/m111.../s1. The Labute approximate surface area is 777 Å². The summed E-state index contributed by atoms with van der Waals surface area (Å²) in [5.41, 5.74) is 3.01. The topological polar surface area (TPSA) is 343 Å². The van der Waals surface area contributed by atoms with Gasteiger partial charge in [0.1, 0.15) is 88.2 Å². The number of likely N-dealkylation sites (N-methyl/N-ethyl adjacent to an activating group) is 2. The number of carbonyl (C=O) groups is 3. The van der Waals surface area contributed by atoms with Crippen molar-refractivity contribution in [3.05, 3.63) is 177 Å². The van der Waals surface area contributed by atoms with Crippen molar-refractivity contribution in [1.29, 1.82) is 0 Å². The zero-order valence-electron chi connectivity index (χ0n) is 76.0. The highest BCUT2D eigenvalue weighted by Crippen LogP contribution is 2.45. The second-order valence-corrected chi connectivity index (χ2v) is 38.6. The van der Waals surface area contributed by atoms with E-state index >= 15 is 8.78 Å². The van der Waals surface area contributed by atoms with E-state index in [0.29, 0.717) is 128 Å². The number of carbonyl (C=O) groups excluding carboxylic acids is 3. The molecule has 3 aromatic carbocycles. The fraction of sp³-hybridized carbons (Fsp3) is 0.467. The van der Waals surface area contributed by atoms with E-state index in [1.807, 2.05) is 133 Å².